The number of nitrogens with zero attached hydrogens (tertiary/aromatic N) is 2. The zero-order valence-electron chi connectivity index (χ0n) is 18.3. The number of piperazine rings is 1. The molecular weight excluding hydrogens is 394 g/mol. The van der Waals surface area contributed by atoms with Gasteiger partial charge in [0.05, 0.1) is 20.3 Å². The third-order valence-corrected chi connectivity index (χ3v) is 6.00. The summed E-state index contributed by atoms with van der Waals surface area (Å²) in [7, 11) is 3.31. The maximum absolute atomic E-state index is 12.8. The maximum Gasteiger partial charge on any atom is 0.321 e. The molecule has 1 aliphatic heterocycles. The molecular formula is C24H31N3O4. The minimum atomic E-state index is -0.0951. The fourth-order valence-corrected chi connectivity index (χ4v) is 4.21. The Hall–Kier alpha value is -3.09. The molecule has 7 nitrogen and oxygen atoms in total. The van der Waals surface area contributed by atoms with Gasteiger partial charge in [0.2, 0.25) is 0 Å². The molecule has 1 heterocycles. The molecule has 0 atom stereocenters. The number of rotatable bonds is 6. The normalized spacial score (nSPS) is 16.8. The molecule has 0 spiro atoms. The molecule has 2 aromatic carbocycles. The van der Waals surface area contributed by atoms with Crippen molar-refractivity contribution < 1.29 is 19.0 Å². The lowest BCUT2D eigenvalue weighted by Gasteiger charge is -2.36. The highest BCUT2D eigenvalue weighted by atomic mass is 16.5. The van der Waals surface area contributed by atoms with Gasteiger partial charge in [0.15, 0.2) is 11.5 Å². The smallest absolute Gasteiger partial charge is 0.321 e. The number of carbonyl (C=O) groups is 1. The lowest BCUT2D eigenvalue weighted by atomic mass is 10.2. The Morgan fingerprint density at radius 1 is 0.935 bits per heavy atom. The first-order chi connectivity index (χ1) is 15.2. The van der Waals surface area contributed by atoms with Crippen LogP contribution in [0.4, 0.5) is 16.2 Å². The van der Waals surface area contributed by atoms with Gasteiger partial charge in [-0.05, 0) is 49.9 Å². The van der Waals surface area contributed by atoms with Gasteiger partial charge in [-0.3, -0.25) is 0 Å². The lowest BCUT2D eigenvalue weighted by Crippen LogP contribution is -2.50. The molecule has 31 heavy (non-hydrogen) atoms. The van der Waals surface area contributed by atoms with E-state index >= 15 is 0 Å². The number of anilines is 2. The van der Waals surface area contributed by atoms with E-state index < -0.39 is 0 Å². The van der Waals surface area contributed by atoms with E-state index in [9.17, 15) is 4.79 Å². The predicted molar refractivity (Wildman–Crippen MR) is 122 cm³/mol. The summed E-state index contributed by atoms with van der Waals surface area (Å²) >= 11 is 0. The monoisotopic (exact) mass is 425 g/mol. The molecule has 0 unspecified atom stereocenters. The summed E-state index contributed by atoms with van der Waals surface area (Å²) in [6.07, 6.45) is 4.76. The van der Waals surface area contributed by atoms with Crippen molar-refractivity contribution in [1.29, 1.82) is 0 Å². The average Bonchev–Trinajstić information content (AvgIpc) is 3.32. The van der Waals surface area contributed by atoms with Gasteiger partial charge < -0.3 is 29.3 Å². The second-order valence-electron chi connectivity index (χ2n) is 8.00. The average molecular weight is 426 g/mol. The molecule has 1 saturated carbocycles. The molecule has 1 aliphatic carbocycles. The number of urea groups is 1. The Morgan fingerprint density at radius 3 is 2.42 bits per heavy atom. The van der Waals surface area contributed by atoms with Crippen LogP contribution in [0.25, 0.3) is 0 Å². The van der Waals surface area contributed by atoms with Gasteiger partial charge in [-0.1, -0.05) is 6.07 Å². The summed E-state index contributed by atoms with van der Waals surface area (Å²) in [5.74, 6) is 2.22. The van der Waals surface area contributed by atoms with E-state index in [1.165, 1.54) is 12.8 Å². The molecule has 0 aromatic heterocycles. The van der Waals surface area contributed by atoms with Gasteiger partial charge in [-0.15, -0.1) is 0 Å². The number of methoxy groups -OCH3 is 2. The topological polar surface area (TPSA) is 63.3 Å². The fourth-order valence-electron chi connectivity index (χ4n) is 4.21. The first-order valence-electron chi connectivity index (χ1n) is 11.0. The highest BCUT2D eigenvalue weighted by molar-refractivity contribution is 5.90. The van der Waals surface area contributed by atoms with Gasteiger partial charge in [0, 0.05) is 49.7 Å². The van der Waals surface area contributed by atoms with Crippen LogP contribution in [0.15, 0.2) is 42.5 Å². The lowest BCUT2D eigenvalue weighted by molar-refractivity contribution is 0.201. The number of benzene rings is 2. The summed E-state index contributed by atoms with van der Waals surface area (Å²) < 4.78 is 16.9. The van der Waals surface area contributed by atoms with Crippen molar-refractivity contribution in [3.8, 4) is 17.2 Å². The number of nitrogens with one attached hydrogen (secondary N) is 1. The van der Waals surface area contributed by atoms with Crippen molar-refractivity contribution in [2.24, 2.45) is 0 Å². The van der Waals surface area contributed by atoms with E-state index in [-0.39, 0.29) is 12.1 Å². The number of ether oxygens (including phenoxy) is 3. The quantitative estimate of drug-likeness (QED) is 0.744. The van der Waals surface area contributed by atoms with Crippen LogP contribution in [0.5, 0.6) is 17.2 Å². The van der Waals surface area contributed by atoms with Crippen molar-refractivity contribution in [3.63, 3.8) is 0 Å². The first-order valence-corrected chi connectivity index (χ1v) is 11.0. The predicted octanol–water partition coefficient (Wildman–Crippen LogP) is 4.38. The molecule has 166 valence electrons. The Morgan fingerprint density at radius 2 is 1.71 bits per heavy atom. The molecule has 0 radical (unpaired) electrons. The minimum absolute atomic E-state index is 0.0951. The molecule has 7 heteroatoms. The SMILES string of the molecule is COc1cccc(N2CCN(C(=O)Nc3ccc(OC)c(OC4CCCC4)c3)CC2)c1. The zero-order valence-corrected chi connectivity index (χ0v) is 18.3. The van der Waals surface area contributed by atoms with Crippen LogP contribution in [0.3, 0.4) is 0 Å². The summed E-state index contributed by atoms with van der Waals surface area (Å²) in [5.41, 5.74) is 1.83. The van der Waals surface area contributed by atoms with Crippen LogP contribution in [0, 0.1) is 0 Å². The minimum Gasteiger partial charge on any atom is -0.497 e. The van der Waals surface area contributed by atoms with Crippen LogP contribution in [-0.4, -0.2) is 57.4 Å². The third kappa shape index (κ3) is 5.16. The Balaban J connectivity index is 1.35. The maximum atomic E-state index is 12.8. The molecule has 1 saturated heterocycles. The molecule has 1 N–H and O–H groups in total. The fraction of sp³-hybridized carbons (Fsp3) is 0.458. The van der Waals surface area contributed by atoms with Gasteiger partial charge in [0.1, 0.15) is 5.75 Å². The van der Waals surface area contributed by atoms with Crippen LogP contribution >= 0.6 is 0 Å². The van der Waals surface area contributed by atoms with Crippen molar-refractivity contribution in [1.82, 2.24) is 4.90 Å². The molecule has 2 aromatic rings. The van der Waals surface area contributed by atoms with Crippen molar-refractivity contribution >= 4 is 17.4 Å². The highest BCUT2D eigenvalue weighted by Crippen LogP contribution is 2.34. The van der Waals surface area contributed by atoms with Crippen molar-refractivity contribution in [2.45, 2.75) is 31.8 Å². The largest absolute Gasteiger partial charge is 0.497 e. The second kappa shape index (κ2) is 9.81. The van der Waals surface area contributed by atoms with E-state index in [0.29, 0.717) is 30.3 Å². The van der Waals surface area contributed by atoms with E-state index in [2.05, 4.69) is 16.3 Å². The Labute approximate surface area is 183 Å². The number of hydrogen-bond acceptors (Lipinski definition) is 5. The van der Waals surface area contributed by atoms with E-state index in [1.807, 2.05) is 41.3 Å². The third-order valence-electron chi connectivity index (χ3n) is 6.00. The summed E-state index contributed by atoms with van der Waals surface area (Å²) in [6, 6.07) is 13.5. The number of hydrogen-bond donors (Lipinski definition) is 1. The Bertz CT molecular complexity index is 890. The van der Waals surface area contributed by atoms with E-state index in [4.69, 9.17) is 14.2 Å². The van der Waals surface area contributed by atoms with Crippen LogP contribution in [-0.2, 0) is 0 Å². The molecule has 0 bridgehead atoms. The number of carbonyl (C=O) groups excluding carboxylic acids is 1. The highest BCUT2D eigenvalue weighted by Gasteiger charge is 2.23. The summed E-state index contributed by atoms with van der Waals surface area (Å²) in [5, 5.41) is 3.01. The van der Waals surface area contributed by atoms with Gasteiger partial charge in [0.25, 0.3) is 0 Å². The van der Waals surface area contributed by atoms with Crippen LogP contribution in [0.1, 0.15) is 25.7 Å². The molecule has 4 rings (SSSR count). The standard InChI is InChI=1S/C24H31N3O4/c1-29-21-9-5-6-19(17-21)26-12-14-27(15-13-26)24(28)25-18-10-11-22(30-2)23(16-18)31-20-7-3-4-8-20/h5-6,9-11,16-17,20H,3-4,7-8,12-15H2,1-2H3,(H,25,28). The molecule has 2 fully saturated rings. The Kier molecular flexibility index (Phi) is 6.70. The van der Waals surface area contributed by atoms with Gasteiger partial charge in [-0.25, -0.2) is 4.79 Å². The van der Waals surface area contributed by atoms with Crippen LogP contribution < -0.4 is 24.4 Å². The van der Waals surface area contributed by atoms with E-state index in [1.54, 1.807) is 14.2 Å². The molecule has 2 amide bonds. The van der Waals surface area contributed by atoms with Gasteiger partial charge in [-0.2, -0.15) is 0 Å². The summed E-state index contributed by atoms with van der Waals surface area (Å²) in [6.45, 7) is 2.87. The second-order valence-corrected chi connectivity index (χ2v) is 8.00. The van der Waals surface area contributed by atoms with Crippen molar-refractivity contribution in [3.05, 3.63) is 42.5 Å². The van der Waals surface area contributed by atoms with Crippen molar-refractivity contribution in [2.75, 3.05) is 50.6 Å². The number of amides is 2. The summed E-state index contributed by atoms with van der Waals surface area (Å²) in [4.78, 5) is 16.9. The zero-order chi connectivity index (χ0) is 21.6. The van der Waals surface area contributed by atoms with E-state index in [0.717, 1.165) is 37.4 Å². The first kappa shape index (κ1) is 21.2. The van der Waals surface area contributed by atoms with Crippen LogP contribution in [0.2, 0.25) is 0 Å². The molecule has 2 aliphatic rings. The van der Waals surface area contributed by atoms with Gasteiger partial charge >= 0.3 is 6.03 Å².